The summed E-state index contributed by atoms with van der Waals surface area (Å²) in [5, 5.41) is 14.6. The largest absolute Gasteiger partial charge is 0.384 e. The van der Waals surface area contributed by atoms with Gasteiger partial charge in [-0.2, -0.15) is 5.10 Å². The minimum Gasteiger partial charge on any atom is -0.384 e. The standard InChI is InChI=1S/C22H31N7O3S/c1-15(6-5-11-24-21(30)27-16-13-25-26-14-16)20-28-18(12-19(23)29-20)22(9-10-22)33(31,32)17-7-3-2-4-8-17/h5-6,11-14,17,20,28H,2-4,7-10H2,1H3,(H2,23,29)(H,25,26)(H2,24,27,30)/b11-5+,15-6+. The lowest BCUT2D eigenvalue weighted by Crippen LogP contribution is -2.45. The molecule has 2 fully saturated rings. The number of anilines is 1. The maximum atomic E-state index is 13.5. The molecule has 11 heteroatoms. The number of nitrogens with two attached hydrogens (primary N) is 1. The number of amidine groups is 1. The summed E-state index contributed by atoms with van der Waals surface area (Å²) in [7, 11) is -3.31. The quantitative estimate of drug-likeness (QED) is 0.383. The van der Waals surface area contributed by atoms with Gasteiger partial charge in [-0.3, -0.25) is 5.10 Å². The number of rotatable bonds is 7. The topological polar surface area (TPSA) is 154 Å². The van der Waals surface area contributed by atoms with E-state index in [1.165, 1.54) is 12.4 Å². The number of urea groups is 1. The Hall–Kier alpha value is -3.08. The van der Waals surface area contributed by atoms with E-state index in [1.54, 1.807) is 24.4 Å². The van der Waals surface area contributed by atoms with Crippen LogP contribution in [0.5, 0.6) is 0 Å². The molecule has 1 aromatic rings. The van der Waals surface area contributed by atoms with Crippen LogP contribution in [0.1, 0.15) is 51.9 Å². The second kappa shape index (κ2) is 9.42. The number of H-pyrrole nitrogens is 1. The van der Waals surface area contributed by atoms with Crippen LogP contribution in [0.25, 0.3) is 0 Å². The van der Waals surface area contributed by atoms with Crippen molar-refractivity contribution in [1.29, 1.82) is 0 Å². The van der Waals surface area contributed by atoms with Crippen molar-refractivity contribution < 1.29 is 13.2 Å². The average molecular weight is 474 g/mol. The van der Waals surface area contributed by atoms with Gasteiger partial charge in [0.25, 0.3) is 0 Å². The summed E-state index contributed by atoms with van der Waals surface area (Å²) >= 11 is 0. The summed E-state index contributed by atoms with van der Waals surface area (Å²) in [6.07, 6.45) is 15.0. The number of amides is 2. The van der Waals surface area contributed by atoms with Crippen LogP contribution in [0.3, 0.4) is 0 Å². The Balaban J connectivity index is 1.40. The molecule has 2 saturated carbocycles. The monoisotopic (exact) mass is 473 g/mol. The molecule has 4 rings (SSSR count). The fraction of sp³-hybridized carbons (Fsp3) is 0.500. The molecule has 0 saturated heterocycles. The molecular weight excluding hydrogens is 442 g/mol. The van der Waals surface area contributed by atoms with Crippen LogP contribution in [0.2, 0.25) is 0 Å². The highest BCUT2D eigenvalue weighted by atomic mass is 32.2. The van der Waals surface area contributed by atoms with Crippen LogP contribution in [0.4, 0.5) is 10.5 Å². The summed E-state index contributed by atoms with van der Waals surface area (Å²) in [4.78, 5) is 16.3. The Bertz CT molecular complexity index is 1090. The van der Waals surface area contributed by atoms with Crippen molar-refractivity contribution in [3.63, 3.8) is 0 Å². The molecular formula is C22H31N7O3S. The first kappa shape index (κ1) is 23.1. The minimum absolute atomic E-state index is 0.270. The first-order valence-corrected chi connectivity index (χ1v) is 12.8. The SMILES string of the molecule is C/C(=C\C=C\NC(=O)Nc1cn[nH]c1)C1N=C(N)C=C(C2(S(=O)(=O)C3CCCCC3)CC2)N1. The molecule has 33 heavy (non-hydrogen) atoms. The highest BCUT2D eigenvalue weighted by molar-refractivity contribution is 7.94. The van der Waals surface area contributed by atoms with Crippen molar-refractivity contribution in [2.75, 3.05) is 5.32 Å². The molecule has 1 aromatic heterocycles. The van der Waals surface area contributed by atoms with Crippen molar-refractivity contribution in [1.82, 2.24) is 20.8 Å². The summed E-state index contributed by atoms with van der Waals surface area (Å²) in [6, 6.07) is -0.398. The van der Waals surface area contributed by atoms with Crippen LogP contribution in [0, 0.1) is 0 Å². The smallest absolute Gasteiger partial charge is 0.323 e. The van der Waals surface area contributed by atoms with Crippen LogP contribution in [-0.4, -0.2) is 46.6 Å². The fourth-order valence-electron chi connectivity index (χ4n) is 4.45. The molecule has 2 heterocycles. The van der Waals surface area contributed by atoms with Gasteiger partial charge < -0.3 is 21.7 Å². The number of carbonyl (C=O) groups excluding carboxylic acids is 1. The number of sulfone groups is 1. The lowest BCUT2D eigenvalue weighted by atomic mass is 10.0. The Morgan fingerprint density at radius 1 is 1.27 bits per heavy atom. The molecule has 10 nitrogen and oxygen atoms in total. The molecule has 1 aliphatic heterocycles. The van der Waals surface area contributed by atoms with Crippen molar-refractivity contribution in [3.8, 4) is 0 Å². The first-order valence-electron chi connectivity index (χ1n) is 11.3. The lowest BCUT2D eigenvalue weighted by Gasteiger charge is -2.32. The fourth-order valence-corrected chi connectivity index (χ4v) is 7.14. The Morgan fingerprint density at radius 3 is 2.70 bits per heavy atom. The van der Waals surface area contributed by atoms with Gasteiger partial charge in [0.15, 0.2) is 9.84 Å². The van der Waals surface area contributed by atoms with Gasteiger partial charge in [0.1, 0.15) is 16.7 Å². The normalized spacial score (nSPS) is 23.4. The number of aromatic amines is 1. The third-order valence-electron chi connectivity index (χ3n) is 6.45. The number of hydrogen-bond acceptors (Lipinski definition) is 7. The van der Waals surface area contributed by atoms with Crippen LogP contribution < -0.4 is 21.7 Å². The predicted octanol–water partition coefficient (Wildman–Crippen LogP) is 2.44. The van der Waals surface area contributed by atoms with Crippen molar-refractivity contribution >= 4 is 27.4 Å². The van der Waals surface area contributed by atoms with Crippen LogP contribution >= 0.6 is 0 Å². The number of nitrogens with one attached hydrogen (secondary N) is 4. The van der Waals surface area contributed by atoms with Gasteiger partial charge in [0.05, 0.1) is 17.1 Å². The second-order valence-electron chi connectivity index (χ2n) is 8.81. The first-order chi connectivity index (χ1) is 15.8. The van der Waals surface area contributed by atoms with Crippen molar-refractivity contribution in [3.05, 3.63) is 48.1 Å². The molecule has 6 N–H and O–H groups in total. The molecule has 0 bridgehead atoms. The highest BCUT2D eigenvalue weighted by Crippen LogP contribution is 2.52. The summed E-state index contributed by atoms with van der Waals surface area (Å²) in [5.41, 5.74) is 8.12. The number of aliphatic imine (C=N–C) groups is 1. The van der Waals surface area contributed by atoms with E-state index in [9.17, 15) is 13.2 Å². The van der Waals surface area contributed by atoms with Gasteiger partial charge in [-0.1, -0.05) is 25.3 Å². The number of allylic oxidation sites excluding steroid dienone is 2. The number of hydrogen-bond donors (Lipinski definition) is 5. The maximum absolute atomic E-state index is 13.5. The van der Waals surface area contributed by atoms with Gasteiger partial charge in [-0.05, 0) is 44.3 Å². The highest BCUT2D eigenvalue weighted by Gasteiger charge is 2.60. The second-order valence-corrected chi connectivity index (χ2v) is 11.4. The van der Waals surface area contributed by atoms with Crippen molar-refractivity contribution in [2.45, 2.75) is 68.0 Å². The lowest BCUT2D eigenvalue weighted by molar-refractivity contribution is 0.255. The molecule has 0 spiro atoms. The minimum atomic E-state index is -3.31. The van der Waals surface area contributed by atoms with Gasteiger partial charge in [0, 0.05) is 24.2 Å². The van der Waals surface area contributed by atoms with Crippen LogP contribution in [0.15, 0.2) is 53.1 Å². The van der Waals surface area contributed by atoms with E-state index in [0.29, 0.717) is 30.1 Å². The predicted molar refractivity (Wildman–Crippen MR) is 128 cm³/mol. The van der Waals surface area contributed by atoms with Crippen LogP contribution in [-0.2, 0) is 9.84 Å². The van der Waals surface area contributed by atoms with E-state index in [1.807, 2.05) is 6.92 Å². The molecule has 2 amide bonds. The zero-order valence-corrected chi connectivity index (χ0v) is 19.5. The molecule has 3 aliphatic rings. The van der Waals surface area contributed by atoms with Gasteiger partial charge in [-0.15, -0.1) is 0 Å². The summed E-state index contributed by atoms with van der Waals surface area (Å²) in [6.45, 7) is 1.88. The maximum Gasteiger partial charge on any atom is 0.323 e. The van der Waals surface area contributed by atoms with Crippen molar-refractivity contribution in [2.24, 2.45) is 10.7 Å². The number of nitrogens with zero attached hydrogens (tertiary/aromatic N) is 2. The zero-order chi connectivity index (χ0) is 23.5. The van der Waals surface area contributed by atoms with E-state index in [0.717, 1.165) is 37.7 Å². The van der Waals surface area contributed by atoms with Gasteiger partial charge in [-0.25, -0.2) is 18.2 Å². The Labute approximate surface area is 193 Å². The molecule has 1 atom stereocenters. The van der Waals surface area contributed by atoms with E-state index in [4.69, 9.17) is 5.73 Å². The van der Waals surface area contributed by atoms with E-state index in [-0.39, 0.29) is 5.25 Å². The van der Waals surface area contributed by atoms with Gasteiger partial charge >= 0.3 is 6.03 Å². The van der Waals surface area contributed by atoms with E-state index < -0.39 is 26.8 Å². The molecule has 0 aromatic carbocycles. The number of aromatic nitrogens is 2. The third kappa shape index (κ3) is 4.97. The molecule has 178 valence electrons. The zero-order valence-electron chi connectivity index (χ0n) is 18.7. The summed E-state index contributed by atoms with van der Waals surface area (Å²) < 4.78 is 26.1. The molecule has 0 radical (unpaired) electrons. The third-order valence-corrected chi connectivity index (χ3v) is 9.52. The van der Waals surface area contributed by atoms with Gasteiger partial charge in [0.2, 0.25) is 0 Å². The molecule has 1 unspecified atom stereocenters. The average Bonchev–Trinajstić information content (AvgIpc) is 3.48. The summed E-state index contributed by atoms with van der Waals surface area (Å²) in [5.74, 6) is 0.313. The molecule has 2 aliphatic carbocycles. The Kier molecular flexibility index (Phi) is 6.59. The van der Waals surface area contributed by atoms with E-state index >= 15 is 0 Å². The van der Waals surface area contributed by atoms with E-state index in [2.05, 4.69) is 31.1 Å². The number of carbonyl (C=O) groups is 1. The Morgan fingerprint density at radius 2 is 2.03 bits per heavy atom.